The molecule has 0 aliphatic heterocycles. The van der Waals surface area contributed by atoms with Gasteiger partial charge in [0.05, 0.1) is 12.1 Å². The lowest BCUT2D eigenvalue weighted by Crippen LogP contribution is -2.23. The van der Waals surface area contributed by atoms with E-state index in [-0.39, 0.29) is 6.04 Å². The topological polar surface area (TPSA) is 34.2 Å². The Labute approximate surface area is 112 Å². The van der Waals surface area contributed by atoms with Crippen molar-refractivity contribution < 1.29 is 4.74 Å². The number of likely N-dealkylation sites (N-methyl/N-ethyl adjacent to an activating group) is 1. The summed E-state index contributed by atoms with van der Waals surface area (Å²) < 4.78 is 5.43. The van der Waals surface area contributed by atoms with Gasteiger partial charge in [0.2, 0.25) is 0 Å². The summed E-state index contributed by atoms with van der Waals surface area (Å²) in [5, 5.41) is 6.66. The summed E-state index contributed by atoms with van der Waals surface area (Å²) in [7, 11) is 1.71. The summed E-state index contributed by atoms with van der Waals surface area (Å²) in [6.07, 6.45) is 2.75. The zero-order chi connectivity index (χ0) is 12.8. The van der Waals surface area contributed by atoms with Crippen molar-refractivity contribution in [2.24, 2.45) is 0 Å². The van der Waals surface area contributed by atoms with Crippen molar-refractivity contribution in [2.45, 2.75) is 19.4 Å². The Kier molecular flexibility index (Phi) is 4.73. The number of thiazole rings is 1. The van der Waals surface area contributed by atoms with Gasteiger partial charge in [-0.05, 0) is 12.6 Å². The number of benzene rings is 1. The number of methoxy groups -OCH3 is 1. The number of hydrogen-bond donors (Lipinski definition) is 1. The Morgan fingerprint density at radius 2 is 2.22 bits per heavy atom. The van der Waals surface area contributed by atoms with Crippen LogP contribution >= 0.6 is 11.3 Å². The summed E-state index contributed by atoms with van der Waals surface area (Å²) in [5.74, 6) is 0.931. The van der Waals surface area contributed by atoms with Crippen molar-refractivity contribution in [2.75, 3.05) is 13.7 Å². The molecular weight excluding hydrogens is 244 g/mol. The molecule has 1 N–H and O–H groups in total. The van der Waals surface area contributed by atoms with Gasteiger partial charge in [-0.15, -0.1) is 11.3 Å². The van der Waals surface area contributed by atoms with Crippen molar-refractivity contribution >= 4 is 11.3 Å². The first kappa shape index (κ1) is 13.1. The Balaban J connectivity index is 2.23. The van der Waals surface area contributed by atoms with E-state index < -0.39 is 0 Å². The first-order chi connectivity index (χ1) is 8.85. The van der Waals surface area contributed by atoms with Crippen molar-refractivity contribution in [1.82, 2.24) is 10.3 Å². The summed E-state index contributed by atoms with van der Waals surface area (Å²) in [6, 6.07) is 8.40. The van der Waals surface area contributed by atoms with Gasteiger partial charge in [0.15, 0.2) is 0 Å². The van der Waals surface area contributed by atoms with Gasteiger partial charge in [-0.25, -0.2) is 4.98 Å². The zero-order valence-electron chi connectivity index (χ0n) is 10.7. The Bertz CT molecular complexity index is 470. The van der Waals surface area contributed by atoms with Gasteiger partial charge in [0, 0.05) is 29.6 Å². The van der Waals surface area contributed by atoms with Crippen LogP contribution < -0.4 is 10.1 Å². The van der Waals surface area contributed by atoms with E-state index in [1.807, 2.05) is 29.8 Å². The number of nitrogens with zero attached hydrogens (tertiary/aromatic N) is 1. The first-order valence-electron chi connectivity index (χ1n) is 6.09. The molecule has 0 amide bonds. The monoisotopic (exact) mass is 262 g/mol. The van der Waals surface area contributed by atoms with Crippen molar-refractivity contribution in [3.63, 3.8) is 0 Å². The van der Waals surface area contributed by atoms with E-state index in [4.69, 9.17) is 4.74 Å². The fourth-order valence-corrected chi connectivity index (χ4v) is 2.68. The average molecular weight is 262 g/mol. The summed E-state index contributed by atoms with van der Waals surface area (Å²) in [4.78, 5) is 4.36. The molecule has 3 nitrogen and oxygen atoms in total. The molecule has 0 saturated carbocycles. The number of hydrogen-bond acceptors (Lipinski definition) is 4. The van der Waals surface area contributed by atoms with Crippen LogP contribution in [0, 0.1) is 0 Å². The molecule has 0 fully saturated rings. The van der Waals surface area contributed by atoms with Gasteiger partial charge in [0.25, 0.3) is 0 Å². The van der Waals surface area contributed by atoms with E-state index in [0.717, 1.165) is 23.7 Å². The van der Waals surface area contributed by atoms with Crippen LogP contribution in [0.1, 0.15) is 23.5 Å². The molecule has 96 valence electrons. The SMILES string of the molecule is CCNC(Cc1nccs1)c1ccccc1OC. The minimum Gasteiger partial charge on any atom is -0.496 e. The molecule has 0 saturated heterocycles. The third-order valence-electron chi connectivity index (χ3n) is 2.83. The van der Waals surface area contributed by atoms with Crippen LogP contribution in [0.4, 0.5) is 0 Å². The van der Waals surface area contributed by atoms with E-state index in [1.165, 1.54) is 5.56 Å². The quantitative estimate of drug-likeness (QED) is 0.869. The maximum atomic E-state index is 5.43. The highest BCUT2D eigenvalue weighted by molar-refractivity contribution is 7.09. The third kappa shape index (κ3) is 3.09. The van der Waals surface area contributed by atoms with Crippen LogP contribution in [0.25, 0.3) is 0 Å². The van der Waals surface area contributed by atoms with Crippen LogP contribution in [0.5, 0.6) is 5.75 Å². The molecule has 1 aromatic heterocycles. The molecule has 0 aliphatic rings. The molecule has 4 heteroatoms. The van der Waals surface area contributed by atoms with E-state index >= 15 is 0 Å². The Hall–Kier alpha value is -1.39. The number of para-hydroxylation sites is 1. The largest absolute Gasteiger partial charge is 0.496 e. The van der Waals surface area contributed by atoms with Crippen molar-refractivity contribution in [3.05, 3.63) is 46.4 Å². The number of nitrogens with one attached hydrogen (secondary N) is 1. The second-order valence-corrected chi connectivity index (χ2v) is 4.96. The lowest BCUT2D eigenvalue weighted by Gasteiger charge is -2.19. The molecule has 1 unspecified atom stereocenters. The highest BCUT2D eigenvalue weighted by Crippen LogP contribution is 2.27. The molecule has 2 rings (SSSR count). The standard InChI is InChI=1S/C14H18N2OS/c1-3-15-12(10-14-16-8-9-18-14)11-6-4-5-7-13(11)17-2/h4-9,12,15H,3,10H2,1-2H3. The molecule has 1 atom stereocenters. The lowest BCUT2D eigenvalue weighted by atomic mass is 10.0. The maximum Gasteiger partial charge on any atom is 0.123 e. The molecule has 18 heavy (non-hydrogen) atoms. The Morgan fingerprint density at radius 3 is 2.89 bits per heavy atom. The highest BCUT2D eigenvalue weighted by atomic mass is 32.1. The van der Waals surface area contributed by atoms with E-state index in [0.29, 0.717) is 0 Å². The summed E-state index contributed by atoms with van der Waals surface area (Å²) in [5.41, 5.74) is 1.19. The summed E-state index contributed by atoms with van der Waals surface area (Å²) in [6.45, 7) is 3.04. The smallest absolute Gasteiger partial charge is 0.123 e. The van der Waals surface area contributed by atoms with Gasteiger partial charge < -0.3 is 10.1 Å². The molecule has 0 spiro atoms. The molecule has 1 heterocycles. The van der Waals surface area contributed by atoms with Gasteiger partial charge >= 0.3 is 0 Å². The number of aromatic nitrogens is 1. The predicted octanol–water partition coefficient (Wildman–Crippen LogP) is 3.05. The number of ether oxygens (including phenoxy) is 1. The normalized spacial score (nSPS) is 12.3. The molecular formula is C14H18N2OS. The van der Waals surface area contributed by atoms with Gasteiger partial charge in [0.1, 0.15) is 5.75 Å². The molecule has 1 aromatic carbocycles. The molecule has 0 radical (unpaired) electrons. The fraction of sp³-hybridized carbons (Fsp3) is 0.357. The number of rotatable bonds is 6. The average Bonchev–Trinajstić information content (AvgIpc) is 2.91. The maximum absolute atomic E-state index is 5.43. The van der Waals surface area contributed by atoms with Gasteiger partial charge in [-0.2, -0.15) is 0 Å². The van der Waals surface area contributed by atoms with Crippen LogP contribution in [0.3, 0.4) is 0 Å². The van der Waals surface area contributed by atoms with E-state index in [1.54, 1.807) is 18.4 Å². The van der Waals surface area contributed by atoms with E-state index in [9.17, 15) is 0 Å². The van der Waals surface area contributed by atoms with Crippen LogP contribution in [0.2, 0.25) is 0 Å². The van der Waals surface area contributed by atoms with E-state index in [2.05, 4.69) is 23.3 Å². The van der Waals surface area contributed by atoms with Gasteiger partial charge in [-0.1, -0.05) is 25.1 Å². The highest BCUT2D eigenvalue weighted by Gasteiger charge is 2.16. The molecule has 0 bridgehead atoms. The first-order valence-corrected chi connectivity index (χ1v) is 6.97. The zero-order valence-corrected chi connectivity index (χ0v) is 11.5. The third-order valence-corrected chi connectivity index (χ3v) is 3.63. The summed E-state index contributed by atoms with van der Waals surface area (Å²) >= 11 is 1.69. The lowest BCUT2D eigenvalue weighted by molar-refractivity contribution is 0.399. The van der Waals surface area contributed by atoms with Crippen LogP contribution in [-0.4, -0.2) is 18.6 Å². The predicted molar refractivity (Wildman–Crippen MR) is 75.2 cm³/mol. The second-order valence-electron chi connectivity index (χ2n) is 3.98. The fourth-order valence-electron chi connectivity index (χ4n) is 2.02. The molecule has 2 aromatic rings. The second kappa shape index (κ2) is 6.52. The van der Waals surface area contributed by atoms with Crippen molar-refractivity contribution in [1.29, 1.82) is 0 Å². The minimum atomic E-state index is 0.248. The van der Waals surface area contributed by atoms with Crippen LogP contribution in [-0.2, 0) is 6.42 Å². The van der Waals surface area contributed by atoms with Crippen LogP contribution in [0.15, 0.2) is 35.8 Å². The van der Waals surface area contributed by atoms with Crippen molar-refractivity contribution in [3.8, 4) is 5.75 Å². The minimum absolute atomic E-state index is 0.248. The molecule has 0 aliphatic carbocycles. The Morgan fingerprint density at radius 1 is 1.39 bits per heavy atom. The van der Waals surface area contributed by atoms with Gasteiger partial charge in [-0.3, -0.25) is 0 Å².